The van der Waals surface area contributed by atoms with Crippen LogP contribution >= 0.6 is 11.6 Å². The maximum Gasteiger partial charge on any atom is 0.180 e. The molecule has 4 heteroatoms. The van der Waals surface area contributed by atoms with Crippen molar-refractivity contribution in [3.05, 3.63) is 101 Å². The second-order valence-electron chi connectivity index (χ2n) is 6.55. The van der Waals surface area contributed by atoms with Gasteiger partial charge in [-0.1, -0.05) is 72.3 Å². The van der Waals surface area contributed by atoms with Crippen molar-refractivity contribution in [2.24, 2.45) is 4.99 Å². The highest BCUT2D eigenvalue weighted by Gasteiger charge is 2.12. The van der Waals surface area contributed by atoms with Gasteiger partial charge in [0.15, 0.2) is 11.5 Å². The maximum absolute atomic E-state index is 6.51. The van der Waals surface area contributed by atoms with Crippen LogP contribution in [-0.4, -0.2) is 13.3 Å². The fraction of sp³-hybridized carbons (Fsp3) is 0.0800. The molecule has 4 aromatic carbocycles. The standard InChI is InChI=1S/C25H20ClNO2/c1-28-24-15-18(16-27-21-11-3-2-4-12-21)14-23(26)25(24)29-17-20-10-7-9-19-8-5-6-13-22(19)20/h2-16H,17H2,1H3. The Balaban J connectivity index is 1.58. The molecule has 0 aliphatic carbocycles. The quantitative estimate of drug-likeness (QED) is 0.331. The molecule has 0 unspecified atom stereocenters. The summed E-state index contributed by atoms with van der Waals surface area (Å²) in [5, 5.41) is 2.83. The van der Waals surface area contributed by atoms with E-state index in [1.807, 2.05) is 60.7 Å². The molecule has 0 bridgehead atoms. The van der Waals surface area contributed by atoms with E-state index < -0.39 is 0 Å². The predicted molar refractivity (Wildman–Crippen MR) is 120 cm³/mol. The van der Waals surface area contributed by atoms with Crippen LogP contribution in [0.15, 0.2) is 89.9 Å². The molecule has 0 heterocycles. The summed E-state index contributed by atoms with van der Waals surface area (Å²) in [5.74, 6) is 1.10. The molecule has 0 aromatic heterocycles. The van der Waals surface area contributed by atoms with Gasteiger partial charge in [0.05, 0.1) is 17.8 Å². The largest absolute Gasteiger partial charge is 0.493 e. The summed E-state index contributed by atoms with van der Waals surface area (Å²) in [6.45, 7) is 0.398. The lowest BCUT2D eigenvalue weighted by Gasteiger charge is -2.14. The Morgan fingerprint density at radius 2 is 1.66 bits per heavy atom. The molecule has 0 aliphatic rings. The molecule has 0 spiro atoms. The maximum atomic E-state index is 6.51. The minimum Gasteiger partial charge on any atom is -0.493 e. The molecule has 0 N–H and O–H groups in total. The van der Waals surface area contributed by atoms with Crippen LogP contribution in [0.2, 0.25) is 5.02 Å². The minimum absolute atomic E-state index is 0.398. The van der Waals surface area contributed by atoms with E-state index in [1.165, 1.54) is 5.39 Å². The summed E-state index contributed by atoms with van der Waals surface area (Å²) in [4.78, 5) is 4.47. The molecule has 0 aliphatic heterocycles. The van der Waals surface area contributed by atoms with Gasteiger partial charge in [0.25, 0.3) is 0 Å². The third-order valence-electron chi connectivity index (χ3n) is 4.62. The zero-order valence-electron chi connectivity index (χ0n) is 16.0. The number of para-hydroxylation sites is 1. The van der Waals surface area contributed by atoms with Crippen molar-refractivity contribution in [2.75, 3.05) is 7.11 Å². The van der Waals surface area contributed by atoms with Crippen molar-refractivity contribution < 1.29 is 9.47 Å². The Labute approximate surface area is 175 Å². The number of fused-ring (bicyclic) bond motifs is 1. The van der Waals surface area contributed by atoms with Crippen molar-refractivity contribution in [1.82, 2.24) is 0 Å². The molecule has 0 fully saturated rings. The SMILES string of the molecule is COc1cc(C=Nc2ccccc2)cc(Cl)c1OCc1cccc2ccccc12. The van der Waals surface area contributed by atoms with Gasteiger partial charge in [0.2, 0.25) is 0 Å². The summed E-state index contributed by atoms with van der Waals surface area (Å²) in [6.07, 6.45) is 1.76. The number of methoxy groups -OCH3 is 1. The highest BCUT2D eigenvalue weighted by molar-refractivity contribution is 6.32. The van der Waals surface area contributed by atoms with E-state index >= 15 is 0 Å². The van der Waals surface area contributed by atoms with Crippen LogP contribution in [0.25, 0.3) is 10.8 Å². The smallest absolute Gasteiger partial charge is 0.180 e. The molecule has 0 saturated carbocycles. The van der Waals surface area contributed by atoms with Crippen LogP contribution in [0.3, 0.4) is 0 Å². The Morgan fingerprint density at radius 1 is 0.897 bits per heavy atom. The second kappa shape index (κ2) is 8.80. The average molecular weight is 402 g/mol. The van der Waals surface area contributed by atoms with Gasteiger partial charge in [-0.3, -0.25) is 4.99 Å². The van der Waals surface area contributed by atoms with Gasteiger partial charge in [-0.2, -0.15) is 0 Å². The van der Waals surface area contributed by atoms with Gasteiger partial charge in [-0.05, 0) is 46.2 Å². The van der Waals surface area contributed by atoms with Gasteiger partial charge in [-0.25, -0.2) is 0 Å². The third-order valence-corrected chi connectivity index (χ3v) is 4.90. The molecule has 3 nitrogen and oxygen atoms in total. The first-order valence-corrected chi connectivity index (χ1v) is 9.68. The van der Waals surface area contributed by atoms with E-state index in [-0.39, 0.29) is 0 Å². The molecule has 0 amide bonds. The Morgan fingerprint density at radius 3 is 2.48 bits per heavy atom. The minimum atomic E-state index is 0.398. The lowest BCUT2D eigenvalue weighted by Crippen LogP contribution is -2.00. The first-order chi connectivity index (χ1) is 14.2. The number of benzene rings is 4. The van der Waals surface area contributed by atoms with Crippen LogP contribution < -0.4 is 9.47 Å². The third kappa shape index (κ3) is 4.41. The highest BCUT2D eigenvalue weighted by atomic mass is 35.5. The summed E-state index contributed by atoms with van der Waals surface area (Å²) in [6, 6.07) is 27.9. The molecule has 4 aromatic rings. The average Bonchev–Trinajstić information content (AvgIpc) is 2.77. The first-order valence-electron chi connectivity index (χ1n) is 9.30. The number of rotatable bonds is 6. The molecule has 0 atom stereocenters. The van der Waals surface area contributed by atoms with Crippen molar-refractivity contribution >= 4 is 34.3 Å². The van der Waals surface area contributed by atoms with Gasteiger partial charge >= 0.3 is 0 Å². The Hall–Kier alpha value is -3.30. The van der Waals surface area contributed by atoms with Gasteiger partial charge < -0.3 is 9.47 Å². The molecule has 4 rings (SSSR count). The molecule has 0 saturated heterocycles. The molecule has 144 valence electrons. The van der Waals surface area contributed by atoms with Crippen LogP contribution in [-0.2, 0) is 6.61 Å². The monoisotopic (exact) mass is 401 g/mol. The fourth-order valence-corrected chi connectivity index (χ4v) is 3.46. The summed E-state index contributed by atoms with van der Waals surface area (Å²) in [5.41, 5.74) is 2.81. The summed E-state index contributed by atoms with van der Waals surface area (Å²) < 4.78 is 11.6. The zero-order valence-corrected chi connectivity index (χ0v) is 16.8. The highest BCUT2D eigenvalue weighted by Crippen LogP contribution is 2.37. The number of hydrogen-bond donors (Lipinski definition) is 0. The van der Waals surface area contributed by atoms with Gasteiger partial charge in [0.1, 0.15) is 6.61 Å². The predicted octanol–water partition coefficient (Wildman–Crippen LogP) is 6.83. The lowest BCUT2D eigenvalue weighted by molar-refractivity contribution is 0.286. The van der Waals surface area contributed by atoms with E-state index in [4.69, 9.17) is 21.1 Å². The van der Waals surface area contributed by atoms with Crippen molar-refractivity contribution in [3.63, 3.8) is 0 Å². The van der Waals surface area contributed by atoms with Crippen LogP contribution in [0.1, 0.15) is 11.1 Å². The second-order valence-corrected chi connectivity index (χ2v) is 6.96. The molecular formula is C25H20ClNO2. The van der Waals surface area contributed by atoms with Crippen molar-refractivity contribution in [2.45, 2.75) is 6.61 Å². The van der Waals surface area contributed by atoms with E-state index in [9.17, 15) is 0 Å². The Kier molecular flexibility index (Phi) is 5.78. The first kappa shape index (κ1) is 19.0. The van der Waals surface area contributed by atoms with Crippen LogP contribution in [0.5, 0.6) is 11.5 Å². The van der Waals surface area contributed by atoms with Crippen molar-refractivity contribution in [3.8, 4) is 11.5 Å². The number of nitrogens with zero attached hydrogens (tertiary/aromatic N) is 1. The number of aliphatic imine (C=N–C) groups is 1. The van der Waals surface area contributed by atoms with Gasteiger partial charge in [0, 0.05) is 6.21 Å². The van der Waals surface area contributed by atoms with Gasteiger partial charge in [-0.15, -0.1) is 0 Å². The molecular weight excluding hydrogens is 382 g/mol. The number of hydrogen-bond acceptors (Lipinski definition) is 3. The fourth-order valence-electron chi connectivity index (χ4n) is 3.19. The van der Waals surface area contributed by atoms with E-state index in [0.29, 0.717) is 23.1 Å². The molecule has 29 heavy (non-hydrogen) atoms. The number of halogens is 1. The van der Waals surface area contributed by atoms with Crippen LogP contribution in [0.4, 0.5) is 5.69 Å². The van der Waals surface area contributed by atoms with Crippen molar-refractivity contribution in [1.29, 1.82) is 0 Å². The lowest BCUT2D eigenvalue weighted by atomic mass is 10.1. The summed E-state index contributed by atoms with van der Waals surface area (Å²) in [7, 11) is 1.61. The van der Waals surface area contributed by atoms with E-state index in [0.717, 1.165) is 22.2 Å². The van der Waals surface area contributed by atoms with E-state index in [1.54, 1.807) is 13.3 Å². The normalized spacial score (nSPS) is 11.1. The number of ether oxygens (including phenoxy) is 2. The summed E-state index contributed by atoms with van der Waals surface area (Å²) >= 11 is 6.51. The van der Waals surface area contributed by atoms with E-state index in [2.05, 4.69) is 29.3 Å². The van der Waals surface area contributed by atoms with Crippen LogP contribution in [0, 0.1) is 0 Å². The molecule has 0 radical (unpaired) electrons. The zero-order chi connectivity index (χ0) is 20.1. The topological polar surface area (TPSA) is 30.8 Å². The Bertz CT molecular complexity index is 1150.